The molecule has 0 aliphatic rings. The molecule has 7 heteroatoms. The number of halogens is 1. The highest BCUT2D eigenvalue weighted by molar-refractivity contribution is 7.91. The summed E-state index contributed by atoms with van der Waals surface area (Å²) in [5, 5.41) is 9.29. The van der Waals surface area contributed by atoms with E-state index in [1.165, 1.54) is 12.1 Å². The molecule has 1 atom stereocenters. The molecule has 0 aliphatic carbocycles. The summed E-state index contributed by atoms with van der Waals surface area (Å²) in [7, 11) is -3.39. The first-order valence-electron chi connectivity index (χ1n) is 6.70. The molecule has 1 N–H and O–H groups in total. The molecule has 5 nitrogen and oxygen atoms in total. The fourth-order valence-corrected chi connectivity index (χ4v) is 3.46. The van der Waals surface area contributed by atoms with E-state index in [1.54, 1.807) is 19.1 Å². The predicted molar refractivity (Wildman–Crippen MR) is 82.5 cm³/mol. The normalized spacial score (nSPS) is 13.3. The van der Waals surface area contributed by atoms with Gasteiger partial charge in [-0.2, -0.15) is 0 Å². The van der Waals surface area contributed by atoms with Gasteiger partial charge in [-0.15, -0.1) is 0 Å². The zero-order chi connectivity index (χ0) is 16.0. The summed E-state index contributed by atoms with van der Waals surface area (Å²) >= 11 is 5.74. The number of hydrogen-bond donors (Lipinski definition) is 1. The van der Waals surface area contributed by atoms with Gasteiger partial charge in [-0.25, -0.2) is 8.42 Å². The quantitative estimate of drug-likeness (QED) is 0.790. The lowest BCUT2D eigenvalue weighted by molar-refractivity contribution is -0.138. The van der Waals surface area contributed by atoms with Gasteiger partial charge in [0, 0.05) is 17.6 Å². The zero-order valence-corrected chi connectivity index (χ0v) is 13.7. The molecule has 0 bridgehead atoms. The predicted octanol–water partition coefficient (Wildman–Crippen LogP) is 2.30. The Kier molecular flexibility index (Phi) is 6.64. The van der Waals surface area contributed by atoms with Crippen molar-refractivity contribution in [2.45, 2.75) is 31.2 Å². The average Bonchev–Trinajstić information content (AvgIpc) is 2.39. The van der Waals surface area contributed by atoms with E-state index >= 15 is 0 Å². The Morgan fingerprint density at radius 2 is 1.90 bits per heavy atom. The lowest BCUT2D eigenvalue weighted by atomic mass is 10.2. The van der Waals surface area contributed by atoms with Gasteiger partial charge in [0.05, 0.1) is 17.1 Å². The van der Waals surface area contributed by atoms with Gasteiger partial charge in [-0.05, 0) is 37.7 Å². The van der Waals surface area contributed by atoms with E-state index in [-0.39, 0.29) is 23.1 Å². The van der Waals surface area contributed by atoms with Crippen molar-refractivity contribution >= 4 is 27.4 Å². The monoisotopic (exact) mass is 333 g/mol. The van der Waals surface area contributed by atoms with E-state index in [0.717, 1.165) is 0 Å². The van der Waals surface area contributed by atoms with Gasteiger partial charge < -0.3 is 5.11 Å². The zero-order valence-electron chi connectivity index (χ0n) is 12.1. The molecule has 1 rings (SSSR count). The van der Waals surface area contributed by atoms with Crippen LogP contribution in [0.1, 0.15) is 20.3 Å². The third-order valence-electron chi connectivity index (χ3n) is 3.32. The second kappa shape index (κ2) is 7.77. The first-order chi connectivity index (χ1) is 9.76. The summed E-state index contributed by atoms with van der Waals surface area (Å²) < 4.78 is 24.4. The van der Waals surface area contributed by atoms with Gasteiger partial charge in [0.25, 0.3) is 0 Å². The molecule has 118 valence electrons. The highest BCUT2D eigenvalue weighted by atomic mass is 35.5. The average molecular weight is 334 g/mol. The summed E-state index contributed by atoms with van der Waals surface area (Å²) in [6, 6.07) is 5.84. The van der Waals surface area contributed by atoms with Crippen molar-refractivity contribution in [3.8, 4) is 0 Å². The van der Waals surface area contributed by atoms with Crippen LogP contribution in [0.15, 0.2) is 29.2 Å². The first-order valence-corrected chi connectivity index (χ1v) is 8.73. The Bertz CT molecular complexity index is 571. The van der Waals surface area contributed by atoms with Crippen molar-refractivity contribution in [2.24, 2.45) is 0 Å². The molecule has 0 spiro atoms. The fraction of sp³-hybridized carbons (Fsp3) is 0.500. The molecule has 0 aliphatic heterocycles. The van der Waals surface area contributed by atoms with Crippen LogP contribution in [-0.2, 0) is 14.6 Å². The van der Waals surface area contributed by atoms with Crippen molar-refractivity contribution in [1.82, 2.24) is 4.90 Å². The molecular weight excluding hydrogens is 314 g/mol. The van der Waals surface area contributed by atoms with Crippen molar-refractivity contribution in [3.63, 3.8) is 0 Å². The third-order valence-corrected chi connectivity index (χ3v) is 5.28. The van der Waals surface area contributed by atoms with Crippen molar-refractivity contribution in [2.75, 3.05) is 18.8 Å². The van der Waals surface area contributed by atoms with Crippen LogP contribution in [0.5, 0.6) is 0 Å². The first kappa shape index (κ1) is 17.9. The minimum absolute atomic E-state index is 0.00513. The number of carbonyl (C=O) groups is 1. The standard InChI is InChI=1S/C14H20ClNO4S/c1-3-16(11(2)10-14(17)18)8-9-21(19,20)13-6-4-12(15)5-7-13/h4-7,11H,3,8-10H2,1-2H3,(H,17,18). The maximum atomic E-state index is 12.2. The van der Waals surface area contributed by atoms with Gasteiger partial charge in [-0.3, -0.25) is 9.69 Å². The van der Waals surface area contributed by atoms with E-state index < -0.39 is 15.8 Å². The molecule has 0 amide bonds. The SMILES string of the molecule is CCN(CCS(=O)(=O)c1ccc(Cl)cc1)C(C)CC(=O)O. The fourth-order valence-electron chi connectivity index (χ4n) is 2.07. The van der Waals surface area contributed by atoms with Crippen LogP contribution in [0.4, 0.5) is 0 Å². The molecule has 21 heavy (non-hydrogen) atoms. The Hall–Kier alpha value is -1.11. The van der Waals surface area contributed by atoms with Gasteiger partial charge in [0.15, 0.2) is 9.84 Å². The summed E-state index contributed by atoms with van der Waals surface area (Å²) in [4.78, 5) is 12.8. The summed E-state index contributed by atoms with van der Waals surface area (Å²) in [6.45, 7) is 4.57. The molecule has 1 unspecified atom stereocenters. The smallest absolute Gasteiger partial charge is 0.304 e. The molecule has 0 heterocycles. The van der Waals surface area contributed by atoms with E-state index in [1.807, 2.05) is 11.8 Å². The number of aliphatic carboxylic acids is 1. The van der Waals surface area contributed by atoms with Crippen LogP contribution in [0, 0.1) is 0 Å². The molecule has 0 radical (unpaired) electrons. The van der Waals surface area contributed by atoms with E-state index in [2.05, 4.69) is 0 Å². The van der Waals surface area contributed by atoms with E-state index in [4.69, 9.17) is 16.7 Å². The van der Waals surface area contributed by atoms with Gasteiger partial charge in [0.1, 0.15) is 0 Å². The molecule has 1 aromatic carbocycles. The van der Waals surface area contributed by atoms with E-state index in [0.29, 0.717) is 18.1 Å². The summed E-state index contributed by atoms with van der Waals surface area (Å²) in [5.74, 6) is -0.937. The Morgan fingerprint density at radius 3 is 2.38 bits per heavy atom. The number of carboxylic acids is 1. The highest BCUT2D eigenvalue weighted by Crippen LogP contribution is 2.16. The molecule has 1 aromatic rings. The Morgan fingerprint density at radius 1 is 1.33 bits per heavy atom. The third kappa shape index (κ3) is 5.65. The molecule has 0 aromatic heterocycles. The topological polar surface area (TPSA) is 74.7 Å². The van der Waals surface area contributed by atoms with Gasteiger partial charge in [0.2, 0.25) is 0 Å². The van der Waals surface area contributed by atoms with Crippen molar-refractivity contribution < 1.29 is 18.3 Å². The number of rotatable bonds is 8. The number of hydrogen-bond acceptors (Lipinski definition) is 4. The highest BCUT2D eigenvalue weighted by Gasteiger charge is 2.20. The maximum Gasteiger partial charge on any atom is 0.304 e. The Labute approximate surface area is 130 Å². The van der Waals surface area contributed by atoms with Crippen LogP contribution >= 0.6 is 11.6 Å². The number of nitrogens with zero attached hydrogens (tertiary/aromatic N) is 1. The van der Waals surface area contributed by atoms with Crippen molar-refractivity contribution in [3.05, 3.63) is 29.3 Å². The van der Waals surface area contributed by atoms with Crippen molar-refractivity contribution in [1.29, 1.82) is 0 Å². The van der Waals surface area contributed by atoms with Gasteiger partial charge >= 0.3 is 5.97 Å². The summed E-state index contributed by atoms with van der Waals surface area (Å²) in [6.07, 6.45) is -0.00513. The molecule has 0 saturated carbocycles. The van der Waals surface area contributed by atoms with E-state index in [9.17, 15) is 13.2 Å². The molecule has 0 fully saturated rings. The second-order valence-electron chi connectivity index (χ2n) is 4.85. The van der Waals surface area contributed by atoms with Crippen LogP contribution in [0.2, 0.25) is 5.02 Å². The lowest BCUT2D eigenvalue weighted by Gasteiger charge is -2.26. The maximum absolute atomic E-state index is 12.2. The second-order valence-corrected chi connectivity index (χ2v) is 7.39. The summed E-state index contributed by atoms with van der Waals surface area (Å²) in [5.41, 5.74) is 0. The number of carboxylic acid groups (broad SMARTS) is 1. The van der Waals surface area contributed by atoms with Gasteiger partial charge in [-0.1, -0.05) is 18.5 Å². The Balaban J connectivity index is 2.71. The lowest BCUT2D eigenvalue weighted by Crippen LogP contribution is -2.38. The minimum atomic E-state index is -3.39. The number of benzene rings is 1. The van der Waals surface area contributed by atoms with Crippen LogP contribution in [-0.4, -0.2) is 49.3 Å². The van der Waals surface area contributed by atoms with Crippen LogP contribution < -0.4 is 0 Å². The van der Waals surface area contributed by atoms with Crippen LogP contribution in [0.3, 0.4) is 0 Å². The number of sulfone groups is 1. The largest absolute Gasteiger partial charge is 0.481 e. The van der Waals surface area contributed by atoms with Crippen LogP contribution in [0.25, 0.3) is 0 Å². The molecule has 0 saturated heterocycles. The molecular formula is C14H20ClNO4S. The minimum Gasteiger partial charge on any atom is -0.481 e.